The molecule has 3 unspecified atom stereocenters. The summed E-state index contributed by atoms with van der Waals surface area (Å²) in [7, 11) is 0. The second-order valence-corrected chi connectivity index (χ2v) is 4.54. The van der Waals surface area contributed by atoms with E-state index < -0.39 is 0 Å². The molecule has 3 atom stereocenters. The van der Waals surface area contributed by atoms with Gasteiger partial charge >= 0.3 is 0 Å². The molecule has 3 N–H and O–H groups in total. The Bertz CT molecular complexity index is 232. The molecule has 2 rings (SSSR count). The summed E-state index contributed by atoms with van der Waals surface area (Å²) in [6.07, 6.45) is 3.86. The highest BCUT2D eigenvalue weighted by molar-refractivity contribution is 5.26. The summed E-state index contributed by atoms with van der Waals surface area (Å²) >= 11 is 0. The van der Waals surface area contributed by atoms with Crippen LogP contribution in [-0.4, -0.2) is 18.6 Å². The van der Waals surface area contributed by atoms with Crippen LogP contribution in [0.25, 0.3) is 0 Å². The standard InChI is InChI=1S/C11H20N2/c1-7-8(2)11-9(6-10(7)12)4-3-5-13-11/h9-11,13H,3-6,12H2,1-2H3. The minimum Gasteiger partial charge on any atom is -0.324 e. The van der Waals surface area contributed by atoms with Crippen molar-refractivity contribution in [3.8, 4) is 0 Å². The van der Waals surface area contributed by atoms with E-state index in [2.05, 4.69) is 19.2 Å². The molecule has 0 spiro atoms. The monoisotopic (exact) mass is 180 g/mol. The topological polar surface area (TPSA) is 38.0 Å². The van der Waals surface area contributed by atoms with Gasteiger partial charge in [0.1, 0.15) is 0 Å². The maximum atomic E-state index is 6.09. The van der Waals surface area contributed by atoms with E-state index in [1.807, 2.05) is 0 Å². The van der Waals surface area contributed by atoms with Crippen LogP contribution in [0.5, 0.6) is 0 Å². The van der Waals surface area contributed by atoms with Crippen LogP contribution in [0.3, 0.4) is 0 Å². The van der Waals surface area contributed by atoms with Crippen molar-refractivity contribution in [2.75, 3.05) is 6.54 Å². The first-order valence-electron chi connectivity index (χ1n) is 5.36. The normalized spacial score (nSPS) is 40.4. The molecule has 0 aromatic carbocycles. The van der Waals surface area contributed by atoms with Crippen molar-refractivity contribution < 1.29 is 0 Å². The van der Waals surface area contributed by atoms with Gasteiger partial charge in [-0.3, -0.25) is 0 Å². The number of piperidine rings is 1. The van der Waals surface area contributed by atoms with E-state index in [4.69, 9.17) is 5.73 Å². The SMILES string of the molecule is CC1=C(C)C2NCCCC2CC1N. The largest absolute Gasteiger partial charge is 0.324 e. The lowest BCUT2D eigenvalue weighted by molar-refractivity contribution is 0.266. The summed E-state index contributed by atoms with van der Waals surface area (Å²) in [5.41, 5.74) is 9.01. The maximum Gasteiger partial charge on any atom is 0.0308 e. The van der Waals surface area contributed by atoms with Crippen molar-refractivity contribution >= 4 is 0 Å². The molecule has 1 aliphatic carbocycles. The third kappa shape index (κ3) is 1.53. The number of nitrogens with one attached hydrogen (secondary N) is 1. The van der Waals surface area contributed by atoms with Crippen LogP contribution in [-0.2, 0) is 0 Å². The van der Waals surface area contributed by atoms with E-state index in [1.54, 1.807) is 0 Å². The second-order valence-electron chi connectivity index (χ2n) is 4.54. The minimum absolute atomic E-state index is 0.321. The quantitative estimate of drug-likeness (QED) is 0.553. The number of nitrogens with two attached hydrogens (primary N) is 1. The molecule has 0 saturated carbocycles. The summed E-state index contributed by atoms with van der Waals surface area (Å²) < 4.78 is 0. The lowest BCUT2D eigenvalue weighted by Crippen LogP contribution is -2.48. The third-order valence-electron chi connectivity index (χ3n) is 3.79. The first kappa shape index (κ1) is 9.22. The minimum atomic E-state index is 0.321. The van der Waals surface area contributed by atoms with E-state index in [0.717, 1.165) is 5.92 Å². The third-order valence-corrected chi connectivity index (χ3v) is 3.79. The van der Waals surface area contributed by atoms with Gasteiger partial charge in [-0.2, -0.15) is 0 Å². The van der Waals surface area contributed by atoms with Crippen LogP contribution >= 0.6 is 0 Å². The molecule has 2 heteroatoms. The van der Waals surface area contributed by atoms with Crippen LogP contribution in [0, 0.1) is 5.92 Å². The molecular formula is C11H20N2. The smallest absolute Gasteiger partial charge is 0.0308 e. The van der Waals surface area contributed by atoms with Gasteiger partial charge in [0.05, 0.1) is 0 Å². The highest BCUT2D eigenvalue weighted by atomic mass is 14.9. The molecule has 1 aliphatic heterocycles. The average Bonchev–Trinajstić information content (AvgIpc) is 2.15. The highest BCUT2D eigenvalue weighted by Gasteiger charge is 2.32. The van der Waals surface area contributed by atoms with Crippen molar-refractivity contribution in [1.82, 2.24) is 5.32 Å². The van der Waals surface area contributed by atoms with Crippen molar-refractivity contribution in [3.05, 3.63) is 11.1 Å². The molecule has 1 saturated heterocycles. The molecule has 0 aromatic heterocycles. The van der Waals surface area contributed by atoms with Crippen molar-refractivity contribution in [2.24, 2.45) is 11.7 Å². The lowest BCUT2D eigenvalue weighted by Gasteiger charge is -2.40. The summed E-state index contributed by atoms with van der Waals surface area (Å²) in [6, 6.07) is 0.953. The van der Waals surface area contributed by atoms with E-state index in [-0.39, 0.29) is 0 Å². The fourth-order valence-electron chi connectivity index (χ4n) is 2.76. The first-order valence-corrected chi connectivity index (χ1v) is 5.36. The zero-order chi connectivity index (χ0) is 9.42. The predicted molar refractivity (Wildman–Crippen MR) is 55.5 cm³/mol. The van der Waals surface area contributed by atoms with Crippen LogP contribution in [0.1, 0.15) is 33.1 Å². The molecule has 0 aromatic rings. The molecular weight excluding hydrogens is 160 g/mol. The summed E-state index contributed by atoms with van der Waals surface area (Å²) in [4.78, 5) is 0. The first-order chi connectivity index (χ1) is 6.20. The van der Waals surface area contributed by atoms with Gasteiger partial charge in [-0.05, 0) is 45.6 Å². The molecule has 1 fully saturated rings. The molecule has 74 valence electrons. The van der Waals surface area contributed by atoms with Gasteiger partial charge in [0.25, 0.3) is 0 Å². The van der Waals surface area contributed by atoms with Crippen LogP contribution in [0.15, 0.2) is 11.1 Å². The molecule has 0 radical (unpaired) electrons. The van der Waals surface area contributed by atoms with Gasteiger partial charge in [0, 0.05) is 12.1 Å². The zero-order valence-corrected chi connectivity index (χ0v) is 8.64. The van der Waals surface area contributed by atoms with Crippen molar-refractivity contribution in [2.45, 2.75) is 45.2 Å². The van der Waals surface area contributed by atoms with Crippen molar-refractivity contribution in [3.63, 3.8) is 0 Å². The molecule has 1 heterocycles. The van der Waals surface area contributed by atoms with Gasteiger partial charge in [-0.1, -0.05) is 11.1 Å². The highest BCUT2D eigenvalue weighted by Crippen LogP contribution is 2.33. The summed E-state index contributed by atoms with van der Waals surface area (Å²) in [5.74, 6) is 0.799. The van der Waals surface area contributed by atoms with Crippen LogP contribution in [0.2, 0.25) is 0 Å². The fraction of sp³-hybridized carbons (Fsp3) is 0.818. The Hall–Kier alpha value is -0.340. The van der Waals surface area contributed by atoms with Gasteiger partial charge in [0.2, 0.25) is 0 Å². The van der Waals surface area contributed by atoms with Crippen molar-refractivity contribution in [1.29, 1.82) is 0 Å². The lowest BCUT2D eigenvalue weighted by atomic mass is 9.74. The Morgan fingerprint density at radius 3 is 2.85 bits per heavy atom. The molecule has 0 amide bonds. The van der Waals surface area contributed by atoms with E-state index in [9.17, 15) is 0 Å². The van der Waals surface area contributed by atoms with Gasteiger partial charge in [0.15, 0.2) is 0 Å². The number of hydrogen-bond donors (Lipinski definition) is 2. The molecule has 2 nitrogen and oxygen atoms in total. The predicted octanol–water partition coefficient (Wildman–Crippen LogP) is 1.42. The van der Waals surface area contributed by atoms with Gasteiger partial charge in [-0.25, -0.2) is 0 Å². The van der Waals surface area contributed by atoms with E-state index >= 15 is 0 Å². The number of rotatable bonds is 0. The number of fused-ring (bicyclic) bond motifs is 1. The molecule has 13 heavy (non-hydrogen) atoms. The van der Waals surface area contributed by atoms with E-state index in [0.29, 0.717) is 12.1 Å². The molecule has 2 aliphatic rings. The second kappa shape index (κ2) is 3.43. The maximum absolute atomic E-state index is 6.09. The fourth-order valence-corrected chi connectivity index (χ4v) is 2.76. The Balaban J connectivity index is 2.23. The zero-order valence-electron chi connectivity index (χ0n) is 8.64. The Morgan fingerprint density at radius 2 is 2.08 bits per heavy atom. The average molecular weight is 180 g/mol. The Morgan fingerprint density at radius 1 is 1.31 bits per heavy atom. The molecule has 0 bridgehead atoms. The van der Waals surface area contributed by atoms with Crippen LogP contribution in [0.4, 0.5) is 0 Å². The Kier molecular flexibility index (Phi) is 2.43. The van der Waals surface area contributed by atoms with Gasteiger partial charge in [-0.15, -0.1) is 0 Å². The summed E-state index contributed by atoms with van der Waals surface area (Å²) in [5, 5.41) is 3.61. The van der Waals surface area contributed by atoms with Gasteiger partial charge < -0.3 is 11.1 Å². The Labute approximate surface area is 80.6 Å². The number of hydrogen-bond acceptors (Lipinski definition) is 2. The van der Waals surface area contributed by atoms with E-state index in [1.165, 1.54) is 37.0 Å². The summed E-state index contributed by atoms with van der Waals surface area (Å²) in [6.45, 7) is 5.61. The van der Waals surface area contributed by atoms with Crippen LogP contribution < -0.4 is 11.1 Å².